The fraction of sp³-hybridized carbons (Fsp3) is 0.650. The first-order valence-electron chi connectivity index (χ1n) is 9.47. The van der Waals surface area contributed by atoms with Gasteiger partial charge in [0, 0.05) is 25.2 Å². The molecule has 1 aliphatic carbocycles. The Morgan fingerprint density at radius 3 is 2.44 bits per heavy atom. The van der Waals surface area contributed by atoms with Crippen molar-refractivity contribution in [1.82, 2.24) is 10.2 Å². The van der Waals surface area contributed by atoms with Gasteiger partial charge in [-0.1, -0.05) is 25.0 Å². The molecule has 1 aromatic rings. The third-order valence-corrected chi connectivity index (χ3v) is 5.16. The monoisotopic (exact) mass is 346 g/mol. The summed E-state index contributed by atoms with van der Waals surface area (Å²) in [5, 5.41) is 13.0. The quantitative estimate of drug-likeness (QED) is 0.878. The summed E-state index contributed by atoms with van der Waals surface area (Å²) in [5.74, 6) is -0.0916. The number of aliphatic hydroxyl groups excluding tert-OH is 1. The Bertz CT molecular complexity index is 565. The van der Waals surface area contributed by atoms with E-state index < -0.39 is 6.10 Å². The van der Waals surface area contributed by atoms with Gasteiger partial charge in [-0.25, -0.2) is 0 Å². The fourth-order valence-corrected chi connectivity index (χ4v) is 3.96. The molecule has 2 N–H and O–H groups in total. The molecule has 0 spiro atoms. The number of carbonyl (C=O) groups excluding carboxylic acids is 1. The standard InChI is InChI=1S/C20H30N2O3/c1-14-11-22(12-15(2)25-14)13-16-7-9-17(10-8-16)20(24)21-18-5-3-4-6-19(18)23/h7-10,14-15,18-19,23H,3-6,11-13H2,1-2H3,(H,21,24). The van der Waals surface area contributed by atoms with Crippen LogP contribution in [0.2, 0.25) is 0 Å². The van der Waals surface area contributed by atoms with E-state index in [9.17, 15) is 9.90 Å². The average Bonchev–Trinajstić information content (AvgIpc) is 2.56. The maximum absolute atomic E-state index is 12.4. The first-order chi connectivity index (χ1) is 12.0. The van der Waals surface area contributed by atoms with E-state index in [-0.39, 0.29) is 24.2 Å². The molecule has 4 unspecified atom stereocenters. The average molecular weight is 346 g/mol. The number of nitrogens with one attached hydrogen (secondary N) is 1. The van der Waals surface area contributed by atoms with E-state index in [1.807, 2.05) is 24.3 Å². The van der Waals surface area contributed by atoms with Crippen molar-refractivity contribution in [2.75, 3.05) is 13.1 Å². The molecule has 4 atom stereocenters. The second-order valence-electron chi connectivity index (χ2n) is 7.58. The number of carbonyl (C=O) groups is 1. The van der Waals surface area contributed by atoms with Gasteiger partial charge in [0.05, 0.1) is 24.4 Å². The summed E-state index contributed by atoms with van der Waals surface area (Å²) in [4.78, 5) is 14.8. The number of morpholine rings is 1. The maximum atomic E-state index is 12.4. The van der Waals surface area contributed by atoms with Crippen LogP contribution in [0.4, 0.5) is 0 Å². The molecular weight excluding hydrogens is 316 g/mol. The van der Waals surface area contributed by atoms with Gasteiger partial charge in [0.25, 0.3) is 5.91 Å². The first kappa shape index (κ1) is 18.4. The van der Waals surface area contributed by atoms with Crippen molar-refractivity contribution in [3.8, 4) is 0 Å². The molecule has 1 saturated carbocycles. The molecule has 1 saturated heterocycles. The highest BCUT2D eigenvalue weighted by atomic mass is 16.5. The summed E-state index contributed by atoms with van der Waals surface area (Å²) in [6.45, 7) is 6.96. The number of hydrogen-bond donors (Lipinski definition) is 2. The lowest BCUT2D eigenvalue weighted by Crippen LogP contribution is -2.45. The van der Waals surface area contributed by atoms with E-state index in [1.54, 1.807) is 0 Å². The lowest BCUT2D eigenvalue weighted by atomic mass is 9.92. The Balaban J connectivity index is 1.55. The lowest BCUT2D eigenvalue weighted by molar-refractivity contribution is -0.0704. The topological polar surface area (TPSA) is 61.8 Å². The van der Waals surface area contributed by atoms with Crippen LogP contribution in [0.3, 0.4) is 0 Å². The normalized spacial score (nSPS) is 30.8. The van der Waals surface area contributed by atoms with Crippen LogP contribution in [0.1, 0.15) is 55.5 Å². The van der Waals surface area contributed by atoms with Crippen LogP contribution in [-0.4, -0.2) is 53.4 Å². The van der Waals surface area contributed by atoms with Gasteiger partial charge in [-0.3, -0.25) is 9.69 Å². The SMILES string of the molecule is CC1CN(Cc2ccc(C(=O)NC3CCCCC3O)cc2)CC(C)O1. The van der Waals surface area contributed by atoms with E-state index >= 15 is 0 Å². The summed E-state index contributed by atoms with van der Waals surface area (Å²) in [7, 11) is 0. The van der Waals surface area contributed by atoms with Crippen molar-refractivity contribution >= 4 is 5.91 Å². The molecule has 2 aliphatic rings. The molecule has 5 nitrogen and oxygen atoms in total. The molecule has 0 aromatic heterocycles. The summed E-state index contributed by atoms with van der Waals surface area (Å²) >= 11 is 0. The summed E-state index contributed by atoms with van der Waals surface area (Å²) in [6.07, 6.45) is 3.85. The van der Waals surface area contributed by atoms with Gasteiger partial charge < -0.3 is 15.2 Å². The number of amides is 1. The Labute approximate surface area is 150 Å². The zero-order valence-electron chi connectivity index (χ0n) is 15.3. The first-order valence-corrected chi connectivity index (χ1v) is 9.47. The third kappa shape index (κ3) is 5.03. The number of benzene rings is 1. The predicted octanol–water partition coefficient (Wildman–Crippen LogP) is 2.33. The molecule has 3 rings (SSSR count). The third-order valence-electron chi connectivity index (χ3n) is 5.16. The van der Waals surface area contributed by atoms with E-state index in [0.29, 0.717) is 5.56 Å². The second-order valence-corrected chi connectivity index (χ2v) is 7.58. The predicted molar refractivity (Wildman–Crippen MR) is 97.5 cm³/mol. The number of ether oxygens (including phenoxy) is 1. The van der Waals surface area contributed by atoms with Crippen molar-refractivity contribution in [3.05, 3.63) is 35.4 Å². The summed E-state index contributed by atoms with van der Waals surface area (Å²) in [6, 6.07) is 7.70. The highest BCUT2D eigenvalue weighted by Gasteiger charge is 2.25. The van der Waals surface area contributed by atoms with Crippen LogP contribution in [0.15, 0.2) is 24.3 Å². The smallest absolute Gasteiger partial charge is 0.251 e. The lowest BCUT2D eigenvalue weighted by Gasteiger charge is -2.35. The summed E-state index contributed by atoms with van der Waals surface area (Å²) in [5.41, 5.74) is 1.86. The van der Waals surface area contributed by atoms with Crippen molar-refractivity contribution in [2.45, 2.75) is 70.4 Å². The molecule has 1 aliphatic heterocycles. The van der Waals surface area contributed by atoms with E-state index in [2.05, 4.69) is 24.1 Å². The van der Waals surface area contributed by atoms with Gasteiger partial charge in [0.15, 0.2) is 0 Å². The zero-order chi connectivity index (χ0) is 17.8. The Kier molecular flexibility index (Phi) is 6.10. The molecule has 25 heavy (non-hydrogen) atoms. The van der Waals surface area contributed by atoms with Crippen molar-refractivity contribution in [2.24, 2.45) is 0 Å². The number of rotatable bonds is 4. The van der Waals surface area contributed by atoms with Gasteiger partial charge in [-0.2, -0.15) is 0 Å². The molecule has 1 amide bonds. The van der Waals surface area contributed by atoms with Crippen LogP contribution < -0.4 is 5.32 Å². The van der Waals surface area contributed by atoms with Crippen molar-refractivity contribution in [3.63, 3.8) is 0 Å². The van der Waals surface area contributed by atoms with Gasteiger partial charge in [-0.15, -0.1) is 0 Å². The Hall–Kier alpha value is -1.43. The van der Waals surface area contributed by atoms with Gasteiger partial charge in [0.2, 0.25) is 0 Å². The zero-order valence-corrected chi connectivity index (χ0v) is 15.3. The molecule has 1 aromatic carbocycles. The van der Waals surface area contributed by atoms with Crippen molar-refractivity contribution in [1.29, 1.82) is 0 Å². The minimum absolute atomic E-state index is 0.0916. The van der Waals surface area contributed by atoms with Crippen LogP contribution in [0.25, 0.3) is 0 Å². The molecule has 1 heterocycles. The van der Waals surface area contributed by atoms with Crippen LogP contribution in [0.5, 0.6) is 0 Å². The van der Waals surface area contributed by atoms with Crippen LogP contribution >= 0.6 is 0 Å². The molecule has 138 valence electrons. The fourth-order valence-electron chi connectivity index (χ4n) is 3.96. The molecule has 5 heteroatoms. The highest BCUT2D eigenvalue weighted by Crippen LogP contribution is 2.19. The number of hydrogen-bond acceptors (Lipinski definition) is 4. The molecular formula is C20H30N2O3. The van der Waals surface area contributed by atoms with Crippen LogP contribution in [0, 0.1) is 0 Å². The molecule has 0 bridgehead atoms. The largest absolute Gasteiger partial charge is 0.391 e. The van der Waals surface area contributed by atoms with Crippen molar-refractivity contribution < 1.29 is 14.6 Å². The minimum Gasteiger partial charge on any atom is -0.391 e. The number of nitrogens with zero attached hydrogens (tertiary/aromatic N) is 1. The highest BCUT2D eigenvalue weighted by molar-refractivity contribution is 5.94. The van der Waals surface area contributed by atoms with E-state index in [0.717, 1.165) is 45.3 Å². The van der Waals surface area contributed by atoms with Gasteiger partial charge >= 0.3 is 0 Å². The summed E-state index contributed by atoms with van der Waals surface area (Å²) < 4.78 is 5.77. The van der Waals surface area contributed by atoms with Gasteiger partial charge in [0.1, 0.15) is 0 Å². The molecule has 0 radical (unpaired) electrons. The number of aliphatic hydroxyl groups is 1. The second kappa shape index (κ2) is 8.30. The maximum Gasteiger partial charge on any atom is 0.251 e. The Morgan fingerprint density at radius 2 is 1.80 bits per heavy atom. The Morgan fingerprint density at radius 1 is 1.16 bits per heavy atom. The minimum atomic E-state index is -0.415. The molecule has 2 fully saturated rings. The van der Waals surface area contributed by atoms with Crippen LogP contribution in [-0.2, 0) is 11.3 Å². The van der Waals surface area contributed by atoms with Gasteiger partial charge in [-0.05, 0) is 44.4 Å². The van der Waals surface area contributed by atoms with E-state index in [4.69, 9.17) is 4.74 Å². The van der Waals surface area contributed by atoms with E-state index in [1.165, 1.54) is 5.56 Å².